The average molecular weight is 395 g/mol. The zero-order valence-corrected chi connectivity index (χ0v) is 16.5. The second-order valence-corrected chi connectivity index (χ2v) is 7.44. The van der Waals surface area contributed by atoms with Crippen LogP contribution in [0.5, 0.6) is 0 Å². The summed E-state index contributed by atoms with van der Waals surface area (Å²) in [5, 5.41) is 11.4. The number of rotatable bonds is 6. The SMILES string of the molecule is Cc1ccc(NC(=O)CSC2=NC(=O)CC(=N)N2CCc2ccccc2)cc1. The number of thioether (sulfide) groups is 1. The lowest BCUT2D eigenvalue weighted by Gasteiger charge is -2.28. The predicted molar refractivity (Wildman–Crippen MR) is 114 cm³/mol. The highest BCUT2D eigenvalue weighted by Gasteiger charge is 2.25. The fraction of sp³-hybridized carbons (Fsp3) is 0.238. The van der Waals surface area contributed by atoms with Crippen molar-refractivity contribution in [3.63, 3.8) is 0 Å². The van der Waals surface area contributed by atoms with Gasteiger partial charge in [-0.2, -0.15) is 4.99 Å². The molecule has 1 aliphatic rings. The quantitative estimate of drug-likeness (QED) is 0.785. The number of nitrogens with one attached hydrogen (secondary N) is 2. The van der Waals surface area contributed by atoms with Gasteiger partial charge in [-0.3, -0.25) is 15.0 Å². The number of nitrogens with zero attached hydrogens (tertiary/aromatic N) is 2. The molecule has 28 heavy (non-hydrogen) atoms. The number of benzene rings is 2. The van der Waals surface area contributed by atoms with Gasteiger partial charge in [0.25, 0.3) is 5.91 Å². The van der Waals surface area contributed by atoms with E-state index < -0.39 is 0 Å². The molecule has 2 amide bonds. The molecule has 0 saturated heterocycles. The topological polar surface area (TPSA) is 85.6 Å². The Kier molecular flexibility index (Phi) is 6.60. The van der Waals surface area contributed by atoms with Gasteiger partial charge in [-0.25, -0.2) is 0 Å². The Bertz CT molecular complexity index is 894. The van der Waals surface area contributed by atoms with Crippen LogP contribution in [0.3, 0.4) is 0 Å². The molecule has 7 heteroatoms. The van der Waals surface area contributed by atoms with E-state index in [0.717, 1.165) is 23.2 Å². The molecule has 0 radical (unpaired) electrons. The molecule has 0 aliphatic carbocycles. The van der Waals surface area contributed by atoms with E-state index in [-0.39, 0.29) is 29.8 Å². The van der Waals surface area contributed by atoms with Gasteiger partial charge in [0.15, 0.2) is 5.17 Å². The molecule has 1 aliphatic heterocycles. The third kappa shape index (κ3) is 5.53. The molecular weight excluding hydrogens is 372 g/mol. The highest BCUT2D eigenvalue weighted by Crippen LogP contribution is 2.18. The van der Waals surface area contributed by atoms with Crippen molar-refractivity contribution in [2.45, 2.75) is 19.8 Å². The molecule has 0 atom stereocenters. The summed E-state index contributed by atoms with van der Waals surface area (Å²) in [6.07, 6.45) is 0.723. The first-order valence-corrected chi connectivity index (χ1v) is 9.99. The van der Waals surface area contributed by atoms with Crippen molar-refractivity contribution >= 4 is 40.3 Å². The Morgan fingerprint density at radius 3 is 2.61 bits per heavy atom. The molecule has 144 valence electrons. The maximum Gasteiger partial charge on any atom is 0.255 e. The summed E-state index contributed by atoms with van der Waals surface area (Å²) in [5.74, 6) is -0.182. The minimum atomic E-state index is -0.345. The van der Waals surface area contributed by atoms with Gasteiger partial charge in [0, 0.05) is 12.2 Å². The number of aliphatic imine (C=N–C) groups is 1. The highest BCUT2D eigenvalue weighted by molar-refractivity contribution is 8.14. The summed E-state index contributed by atoms with van der Waals surface area (Å²) in [6, 6.07) is 17.5. The lowest BCUT2D eigenvalue weighted by Crippen LogP contribution is -2.41. The van der Waals surface area contributed by atoms with E-state index in [4.69, 9.17) is 5.41 Å². The second kappa shape index (κ2) is 9.32. The van der Waals surface area contributed by atoms with Crippen molar-refractivity contribution in [2.24, 2.45) is 4.99 Å². The van der Waals surface area contributed by atoms with E-state index in [2.05, 4.69) is 10.3 Å². The highest BCUT2D eigenvalue weighted by atomic mass is 32.2. The van der Waals surface area contributed by atoms with Crippen molar-refractivity contribution in [1.82, 2.24) is 4.90 Å². The number of hydrogen-bond donors (Lipinski definition) is 2. The number of amidine groups is 2. The maximum absolute atomic E-state index is 12.2. The summed E-state index contributed by atoms with van der Waals surface area (Å²) in [4.78, 5) is 29.8. The minimum absolute atomic E-state index is 0.00554. The maximum atomic E-state index is 12.2. The summed E-state index contributed by atoms with van der Waals surface area (Å²) in [7, 11) is 0. The first kappa shape index (κ1) is 19.8. The molecular formula is C21H22N4O2S. The van der Waals surface area contributed by atoms with Crippen LogP contribution in [0, 0.1) is 12.3 Å². The molecule has 0 unspecified atom stereocenters. The van der Waals surface area contributed by atoms with Crippen molar-refractivity contribution in [1.29, 1.82) is 5.41 Å². The van der Waals surface area contributed by atoms with Crippen molar-refractivity contribution in [3.05, 3.63) is 65.7 Å². The van der Waals surface area contributed by atoms with E-state index in [9.17, 15) is 9.59 Å². The molecule has 6 nitrogen and oxygen atoms in total. The molecule has 0 aromatic heterocycles. The number of anilines is 1. The van der Waals surface area contributed by atoms with Crippen molar-refractivity contribution in [2.75, 3.05) is 17.6 Å². The van der Waals surface area contributed by atoms with Crippen LogP contribution < -0.4 is 5.32 Å². The Morgan fingerprint density at radius 2 is 1.89 bits per heavy atom. The summed E-state index contributed by atoms with van der Waals surface area (Å²) < 4.78 is 0. The minimum Gasteiger partial charge on any atom is -0.325 e. The van der Waals surface area contributed by atoms with E-state index in [1.165, 1.54) is 11.8 Å². The summed E-state index contributed by atoms with van der Waals surface area (Å²) in [5.41, 5.74) is 3.00. The smallest absolute Gasteiger partial charge is 0.255 e. The van der Waals surface area contributed by atoms with Crippen LogP contribution in [0.4, 0.5) is 5.69 Å². The third-order valence-electron chi connectivity index (χ3n) is 4.23. The number of aryl methyl sites for hydroxylation is 1. The third-order valence-corrected chi connectivity index (χ3v) is 5.21. The van der Waals surface area contributed by atoms with Crippen LogP contribution in [-0.4, -0.2) is 40.0 Å². The van der Waals surface area contributed by atoms with Crippen LogP contribution in [0.1, 0.15) is 17.5 Å². The second-order valence-electron chi connectivity index (χ2n) is 6.50. The van der Waals surface area contributed by atoms with Gasteiger partial charge in [0.2, 0.25) is 5.91 Å². The van der Waals surface area contributed by atoms with Crippen LogP contribution in [0.25, 0.3) is 0 Å². The standard InChI is InChI=1S/C21H22N4O2S/c1-15-7-9-17(10-8-15)23-20(27)14-28-21-24-19(26)13-18(22)25(21)12-11-16-5-3-2-4-6-16/h2-10,22H,11-14H2,1H3,(H,23,27). The molecule has 0 fully saturated rings. The molecule has 3 rings (SSSR count). The zero-order chi connectivity index (χ0) is 19.9. The van der Waals surface area contributed by atoms with E-state index in [1.807, 2.05) is 61.5 Å². The number of hydrogen-bond acceptors (Lipinski definition) is 4. The van der Waals surface area contributed by atoms with Crippen LogP contribution in [-0.2, 0) is 16.0 Å². The van der Waals surface area contributed by atoms with Gasteiger partial charge < -0.3 is 10.2 Å². The lowest BCUT2D eigenvalue weighted by atomic mass is 10.1. The van der Waals surface area contributed by atoms with Crippen molar-refractivity contribution < 1.29 is 9.59 Å². The van der Waals surface area contributed by atoms with E-state index in [0.29, 0.717) is 11.7 Å². The van der Waals surface area contributed by atoms with Crippen LogP contribution in [0.15, 0.2) is 59.6 Å². The monoisotopic (exact) mass is 394 g/mol. The fourth-order valence-electron chi connectivity index (χ4n) is 2.75. The van der Waals surface area contributed by atoms with Gasteiger partial charge in [-0.15, -0.1) is 0 Å². The van der Waals surface area contributed by atoms with Crippen LogP contribution >= 0.6 is 11.8 Å². The Labute approximate surface area is 168 Å². The Balaban J connectivity index is 1.60. The average Bonchev–Trinajstić information content (AvgIpc) is 2.68. The molecule has 1 heterocycles. The van der Waals surface area contributed by atoms with Gasteiger partial charge >= 0.3 is 0 Å². The van der Waals surface area contributed by atoms with Gasteiger partial charge in [0.1, 0.15) is 5.84 Å². The van der Waals surface area contributed by atoms with E-state index in [1.54, 1.807) is 4.90 Å². The molecule has 0 spiro atoms. The molecule has 2 N–H and O–H groups in total. The Hall–Kier alpha value is -2.93. The van der Waals surface area contributed by atoms with E-state index >= 15 is 0 Å². The van der Waals surface area contributed by atoms with Crippen LogP contribution in [0.2, 0.25) is 0 Å². The predicted octanol–water partition coefficient (Wildman–Crippen LogP) is 3.47. The summed E-state index contributed by atoms with van der Waals surface area (Å²) >= 11 is 1.18. The molecule has 0 bridgehead atoms. The zero-order valence-electron chi connectivity index (χ0n) is 15.6. The van der Waals surface area contributed by atoms with Gasteiger partial charge in [-0.05, 0) is 31.0 Å². The largest absolute Gasteiger partial charge is 0.325 e. The molecule has 2 aromatic carbocycles. The Morgan fingerprint density at radius 1 is 1.18 bits per heavy atom. The molecule has 2 aromatic rings. The van der Waals surface area contributed by atoms with Crippen molar-refractivity contribution in [3.8, 4) is 0 Å². The van der Waals surface area contributed by atoms with Gasteiger partial charge in [0.05, 0.1) is 12.2 Å². The number of carbonyl (C=O) groups excluding carboxylic acids is 2. The molecule has 0 saturated carbocycles. The summed E-state index contributed by atoms with van der Waals surface area (Å²) in [6.45, 7) is 2.53. The first-order valence-electron chi connectivity index (χ1n) is 9.01. The fourth-order valence-corrected chi connectivity index (χ4v) is 3.61. The lowest BCUT2D eigenvalue weighted by molar-refractivity contribution is -0.117. The van der Waals surface area contributed by atoms with Gasteiger partial charge in [-0.1, -0.05) is 59.8 Å². The first-order chi connectivity index (χ1) is 13.5. The normalized spacial score (nSPS) is 14.0. The number of amides is 2. The number of carbonyl (C=O) groups is 2.